The van der Waals surface area contributed by atoms with Gasteiger partial charge in [-0.15, -0.1) is 0 Å². The first-order chi connectivity index (χ1) is 13.4. The van der Waals surface area contributed by atoms with E-state index in [0.29, 0.717) is 19.7 Å². The summed E-state index contributed by atoms with van der Waals surface area (Å²) in [5.74, 6) is -1.98. The fourth-order valence-corrected chi connectivity index (χ4v) is 5.25. The molecule has 0 radical (unpaired) electrons. The van der Waals surface area contributed by atoms with Crippen LogP contribution in [0.3, 0.4) is 0 Å². The zero-order valence-electron chi connectivity index (χ0n) is 14.1. The number of fused-ring (bicyclic) bond motifs is 2. The second-order valence-electron chi connectivity index (χ2n) is 6.62. The molecule has 2 N–H and O–H groups in total. The van der Waals surface area contributed by atoms with E-state index in [1.807, 2.05) is 24.3 Å². The van der Waals surface area contributed by atoms with Gasteiger partial charge in [0.05, 0.1) is 11.1 Å². The van der Waals surface area contributed by atoms with E-state index >= 15 is 0 Å². The van der Waals surface area contributed by atoms with Crippen molar-refractivity contribution in [2.24, 2.45) is 0 Å². The molecule has 0 aromatic heterocycles. The minimum atomic E-state index is -0.989. The fraction of sp³-hybridized carbons (Fsp3) is 0. The molecule has 28 heavy (non-hydrogen) atoms. The summed E-state index contributed by atoms with van der Waals surface area (Å²) < 4.78 is 1.42. The van der Waals surface area contributed by atoms with Gasteiger partial charge >= 0.3 is 11.9 Å². The summed E-state index contributed by atoms with van der Waals surface area (Å²) in [6, 6.07) is 14.4. The second-order valence-corrected chi connectivity index (χ2v) is 8.33. The zero-order chi connectivity index (χ0) is 19.7. The van der Waals surface area contributed by atoms with E-state index in [1.54, 1.807) is 24.3 Å². The van der Waals surface area contributed by atoms with Crippen LogP contribution in [0.15, 0.2) is 57.5 Å². The summed E-state index contributed by atoms with van der Waals surface area (Å²) in [4.78, 5) is 23.6. The first-order valence-electron chi connectivity index (χ1n) is 8.38. The molecule has 0 aliphatic carbocycles. The molecular weight excluding hydrogens is 488 g/mol. The first kappa shape index (κ1) is 17.4. The SMILES string of the molecule is O=C(O)c1ccc2c3ccc(C(=O)O)c4c(Br)ccc(c5ccc(Br)c1c52)c43. The van der Waals surface area contributed by atoms with Crippen molar-refractivity contribution in [3.8, 4) is 0 Å². The largest absolute Gasteiger partial charge is 0.478 e. The first-order valence-corrected chi connectivity index (χ1v) is 9.96. The average Bonchev–Trinajstić information content (AvgIpc) is 2.67. The van der Waals surface area contributed by atoms with Gasteiger partial charge in [0.2, 0.25) is 0 Å². The van der Waals surface area contributed by atoms with Gasteiger partial charge in [0.25, 0.3) is 0 Å². The van der Waals surface area contributed by atoms with Crippen molar-refractivity contribution in [3.05, 3.63) is 68.6 Å². The lowest BCUT2D eigenvalue weighted by Crippen LogP contribution is -2.01. The lowest BCUT2D eigenvalue weighted by Gasteiger charge is -2.18. The van der Waals surface area contributed by atoms with Crippen LogP contribution < -0.4 is 0 Å². The number of hydrogen-bond acceptors (Lipinski definition) is 2. The molecule has 6 heteroatoms. The highest BCUT2D eigenvalue weighted by Gasteiger charge is 2.21. The topological polar surface area (TPSA) is 74.6 Å². The highest BCUT2D eigenvalue weighted by molar-refractivity contribution is 9.11. The van der Waals surface area contributed by atoms with Crippen LogP contribution in [-0.4, -0.2) is 22.2 Å². The van der Waals surface area contributed by atoms with E-state index < -0.39 is 11.9 Å². The van der Waals surface area contributed by atoms with Crippen LogP contribution in [0.2, 0.25) is 0 Å². The molecule has 5 aromatic rings. The third-order valence-corrected chi connectivity index (χ3v) is 6.58. The van der Waals surface area contributed by atoms with Crippen molar-refractivity contribution in [3.63, 3.8) is 0 Å². The maximum absolute atomic E-state index is 11.8. The van der Waals surface area contributed by atoms with Crippen molar-refractivity contribution in [1.29, 1.82) is 0 Å². The molecule has 4 nitrogen and oxygen atoms in total. The molecule has 0 spiro atoms. The summed E-state index contributed by atoms with van der Waals surface area (Å²) in [7, 11) is 0. The number of carbonyl (C=O) groups is 2. The molecule has 136 valence electrons. The summed E-state index contributed by atoms with van der Waals surface area (Å²) in [6.45, 7) is 0. The Morgan fingerprint density at radius 3 is 1.18 bits per heavy atom. The highest BCUT2D eigenvalue weighted by Crippen LogP contribution is 2.45. The third kappa shape index (κ3) is 2.16. The molecule has 0 unspecified atom stereocenters. The Balaban J connectivity index is 2.18. The van der Waals surface area contributed by atoms with Gasteiger partial charge in [-0.1, -0.05) is 56.1 Å². The van der Waals surface area contributed by atoms with Crippen LogP contribution in [0.25, 0.3) is 43.1 Å². The van der Waals surface area contributed by atoms with Gasteiger partial charge in [0, 0.05) is 19.7 Å². The van der Waals surface area contributed by atoms with Crippen molar-refractivity contribution in [1.82, 2.24) is 0 Å². The van der Waals surface area contributed by atoms with E-state index in [9.17, 15) is 19.8 Å². The monoisotopic (exact) mass is 496 g/mol. The van der Waals surface area contributed by atoms with Gasteiger partial charge in [-0.25, -0.2) is 9.59 Å². The predicted octanol–water partition coefficient (Wildman–Crippen LogP) is 6.66. The summed E-state index contributed by atoms with van der Waals surface area (Å²) >= 11 is 7.02. The number of aromatic carboxylic acids is 2. The Morgan fingerprint density at radius 2 is 0.857 bits per heavy atom. The van der Waals surface area contributed by atoms with Crippen LogP contribution in [0, 0.1) is 0 Å². The number of benzene rings is 5. The third-order valence-electron chi connectivity index (χ3n) is 5.26. The number of carboxylic acids is 2. The number of hydrogen-bond donors (Lipinski definition) is 2. The molecular formula is C22H10Br2O4. The number of halogens is 2. The van der Waals surface area contributed by atoms with Crippen molar-refractivity contribution >= 4 is 86.9 Å². The van der Waals surface area contributed by atoms with Crippen LogP contribution in [-0.2, 0) is 0 Å². The van der Waals surface area contributed by atoms with E-state index in [1.165, 1.54) is 0 Å². The van der Waals surface area contributed by atoms with Gasteiger partial charge < -0.3 is 10.2 Å². The Morgan fingerprint density at radius 1 is 0.536 bits per heavy atom. The normalized spacial score (nSPS) is 11.8. The van der Waals surface area contributed by atoms with Crippen molar-refractivity contribution < 1.29 is 19.8 Å². The van der Waals surface area contributed by atoms with Gasteiger partial charge in [-0.05, 0) is 56.6 Å². The molecule has 0 bridgehead atoms. The standard InChI is InChI=1S/C22H10Br2O4/c23-15-7-5-11-12-6-8-16(24)20-14(22(27)28)4-2-10(18(12)20)9-1-3-13(21(25)26)19(15)17(9)11/h1-8H,(H,25,26)(H,27,28). The smallest absolute Gasteiger partial charge is 0.336 e. The lowest BCUT2D eigenvalue weighted by molar-refractivity contribution is 0.0688. The molecule has 0 amide bonds. The Kier molecular flexibility index (Phi) is 3.66. The molecule has 0 saturated carbocycles. The van der Waals surface area contributed by atoms with Gasteiger partial charge in [0.15, 0.2) is 0 Å². The van der Waals surface area contributed by atoms with Crippen molar-refractivity contribution in [2.45, 2.75) is 0 Å². The molecule has 0 aliphatic rings. The Hall–Kier alpha value is -2.70. The Labute approximate surface area is 175 Å². The average molecular weight is 498 g/mol. The predicted molar refractivity (Wildman–Crippen MR) is 117 cm³/mol. The van der Waals surface area contributed by atoms with Gasteiger partial charge in [-0.3, -0.25) is 0 Å². The van der Waals surface area contributed by atoms with Gasteiger partial charge in [0.1, 0.15) is 0 Å². The minimum absolute atomic E-state index is 0.228. The quantitative estimate of drug-likeness (QED) is 0.211. The minimum Gasteiger partial charge on any atom is -0.478 e. The summed E-state index contributed by atoms with van der Waals surface area (Å²) in [5, 5.41) is 25.9. The maximum Gasteiger partial charge on any atom is 0.336 e. The molecule has 0 atom stereocenters. The maximum atomic E-state index is 11.8. The summed E-state index contributed by atoms with van der Waals surface area (Å²) in [6.07, 6.45) is 0. The van der Waals surface area contributed by atoms with E-state index in [0.717, 1.165) is 32.3 Å². The molecule has 0 fully saturated rings. The van der Waals surface area contributed by atoms with E-state index in [4.69, 9.17) is 0 Å². The molecule has 0 saturated heterocycles. The van der Waals surface area contributed by atoms with Crippen LogP contribution in [0.1, 0.15) is 20.7 Å². The second kappa shape index (κ2) is 5.90. The van der Waals surface area contributed by atoms with Crippen LogP contribution >= 0.6 is 31.9 Å². The highest BCUT2D eigenvalue weighted by atomic mass is 79.9. The molecule has 0 heterocycles. The van der Waals surface area contributed by atoms with E-state index in [-0.39, 0.29) is 11.1 Å². The lowest BCUT2D eigenvalue weighted by atomic mass is 9.87. The van der Waals surface area contributed by atoms with Crippen LogP contribution in [0.4, 0.5) is 0 Å². The molecule has 5 rings (SSSR count). The zero-order valence-corrected chi connectivity index (χ0v) is 17.3. The van der Waals surface area contributed by atoms with Gasteiger partial charge in [-0.2, -0.15) is 0 Å². The van der Waals surface area contributed by atoms with Crippen molar-refractivity contribution in [2.75, 3.05) is 0 Å². The molecule has 5 aromatic carbocycles. The number of carboxylic acid groups (broad SMARTS) is 2. The van der Waals surface area contributed by atoms with Crippen LogP contribution in [0.5, 0.6) is 0 Å². The Bertz CT molecular complexity index is 1350. The molecule has 0 aliphatic heterocycles. The number of rotatable bonds is 2. The fourth-order valence-electron chi connectivity index (χ4n) is 4.16. The van der Waals surface area contributed by atoms with E-state index in [2.05, 4.69) is 31.9 Å². The summed E-state index contributed by atoms with van der Waals surface area (Å²) in [5.41, 5.74) is 0.456.